The highest BCUT2D eigenvalue weighted by molar-refractivity contribution is 7.09. The number of anilines is 1. The molecule has 0 amide bonds. The van der Waals surface area contributed by atoms with Crippen LogP contribution < -0.4 is 5.32 Å². The van der Waals surface area contributed by atoms with Gasteiger partial charge in [-0.1, -0.05) is 18.2 Å². The summed E-state index contributed by atoms with van der Waals surface area (Å²) in [5, 5.41) is 5.32. The van der Waals surface area contributed by atoms with Gasteiger partial charge in [-0.2, -0.15) is 4.37 Å². The normalized spacial score (nSPS) is 12.8. The van der Waals surface area contributed by atoms with E-state index in [1.165, 1.54) is 22.5 Å². The first-order chi connectivity index (χ1) is 9.15. The fourth-order valence-electron chi connectivity index (χ4n) is 2.21. The number of aromatic nitrogens is 2. The van der Waals surface area contributed by atoms with Gasteiger partial charge in [-0.3, -0.25) is 0 Å². The van der Waals surface area contributed by atoms with Crippen molar-refractivity contribution >= 4 is 27.6 Å². The maximum absolute atomic E-state index is 5.93. The molecule has 19 heavy (non-hydrogen) atoms. The molecule has 1 aromatic carbocycles. The molecule has 0 saturated carbocycles. The summed E-state index contributed by atoms with van der Waals surface area (Å²) in [6.07, 6.45) is 0. The number of nitrogens with one attached hydrogen (secondary N) is 1. The van der Waals surface area contributed by atoms with Crippen molar-refractivity contribution in [3.05, 3.63) is 41.4 Å². The van der Waals surface area contributed by atoms with Crippen LogP contribution in [0.4, 0.5) is 5.13 Å². The molecule has 2 aromatic heterocycles. The minimum absolute atomic E-state index is 0.0692. The molecule has 0 spiro atoms. The Kier molecular flexibility index (Phi) is 2.98. The Bertz CT molecular complexity index is 716. The molecule has 2 heterocycles. The third-order valence-electron chi connectivity index (χ3n) is 3.14. The van der Waals surface area contributed by atoms with E-state index in [4.69, 9.17) is 4.42 Å². The summed E-state index contributed by atoms with van der Waals surface area (Å²) in [5.74, 6) is 1.75. The summed E-state index contributed by atoms with van der Waals surface area (Å²) >= 11 is 1.37. The number of nitrogens with zero attached hydrogens (tertiary/aromatic N) is 2. The van der Waals surface area contributed by atoms with E-state index in [0.717, 1.165) is 22.3 Å². The molecule has 0 saturated heterocycles. The highest BCUT2D eigenvalue weighted by Gasteiger charge is 2.17. The Morgan fingerprint density at radius 3 is 2.74 bits per heavy atom. The lowest BCUT2D eigenvalue weighted by Crippen LogP contribution is -2.06. The van der Waals surface area contributed by atoms with Gasteiger partial charge >= 0.3 is 0 Å². The highest BCUT2D eigenvalue weighted by atomic mass is 32.1. The lowest BCUT2D eigenvalue weighted by Gasteiger charge is -2.10. The number of rotatable bonds is 3. The zero-order valence-corrected chi connectivity index (χ0v) is 11.9. The summed E-state index contributed by atoms with van der Waals surface area (Å²) in [6, 6.07) is 8.16. The van der Waals surface area contributed by atoms with Crippen LogP contribution in [0.2, 0.25) is 0 Å². The van der Waals surface area contributed by atoms with Gasteiger partial charge in [0, 0.05) is 22.5 Å². The molecule has 98 valence electrons. The summed E-state index contributed by atoms with van der Waals surface area (Å²) in [5.41, 5.74) is 2.11. The van der Waals surface area contributed by atoms with Gasteiger partial charge in [0.2, 0.25) is 5.13 Å². The molecule has 4 nitrogen and oxygen atoms in total. The average molecular weight is 273 g/mol. The summed E-state index contributed by atoms with van der Waals surface area (Å²) in [4.78, 5) is 4.31. The van der Waals surface area contributed by atoms with E-state index in [1.54, 1.807) is 0 Å². The fourth-order valence-corrected chi connectivity index (χ4v) is 2.87. The predicted octanol–water partition coefficient (Wildman–Crippen LogP) is 4.07. The summed E-state index contributed by atoms with van der Waals surface area (Å²) in [6.45, 7) is 6.05. The van der Waals surface area contributed by atoms with Crippen LogP contribution in [-0.4, -0.2) is 9.36 Å². The van der Waals surface area contributed by atoms with Gasteiger partial charge < -0.3 is 9.73 Å². The fraction of sp³-hybridized carbons (Fsp3) is 0.286. The molecular formula is C14H15N3OS. The maximum atomic E-state index is 5.93. The molecule has 1 atom stereocenters. The largest absolute Gasteiger partial charge is 0.459 e. The number of benzene rings is 1. The first-order valence-electron chi connectivity index (χ1n) is 6.20. The van der Waals surface area contributed by atoms with E-state index >= 15 is 0 Å². The topological polar surface area (TPSA) is 51.0 Å². The molecule has 1 unspecified atom stereocenters. The number of fused-ring (bicyclic) bond motifs is 1. The number of hydrogen-bond acceptors (Lipinski definition) is 5. The lowest BCUT2D eigenvalue weighted by molar-refractivity contribution is 0.522. The average Bonchev–Trinajstić information content (AvgIpc) is 2.94. The van der Waals surface area contributed by atoms with Gasteiger partial charge in [-0.05, 0) is 26.8 Å². The minimum atomic E-state index is 0.0692. The Labute approximate surface area is 115 Å². The van der Waals surface area contributed by atoms with Crippen LogP contribution in [-0.2, 0) is 0 Å². The Morgan fingerprint density at radius 1 is 1.26 bits per heavy atom. The van der Waals surface area contributed by atoms with E-state index in [2.05, 4.69) is 34.6 Å². The van der Waals surface area contributed by atoms with Crippen molar-refractivity contribution in [3.63, 3.8) is 0 Å². The highest BCUT2D eigenvalue weighted by Crippen LogP contribution is 2.31. The molecule has 5 heteroatoms. The molecule has 0 aliphatic rings. The van der Waals surface area contributed by atoms with Crippen LogP contribution >= 0.6 is 11.5 Å². The van der Waals surface area contributed by atoms with Crippen LogP contribution in [0.3, 0.4) is 0 Å². The van der Waals surface area contributed by atoms with Crippen molar-refractivity contribution in [1.29, 1.82) is 0 Å². The lowest BCUT2D eigenvalue weighted by atomic mass is 10.1. The maximum Gasteiger partial charge on any atom is 0.203 e. The third-order valence-corrected chi connectivity index (χ3v) is 3.88. The van der Waals surface area contributed by atoms with Gasteiger partial charge in [0.1, 0.15) is 17.2 Å². The van der Waals surface area contributed by atoms with Crippen LogP contribution in [0.25, 0.3) is 11.0 Å². The number of furan rings is 1. The zero-order valence-electron chi connectivity index (χ0n) is 11.1. The summed E-state index contributed by atoms with van der Waals surface area (Å²) in [7, 11) is 0. The van der Waals surface area contributed by atoms with Crippen molar-refractivity contribution in [2.24, 2.45) is 0 Å². The second-order valence-electron chi connectivity index (χ2n) is 4.60. The van der Waals surface area contributed by atoms with E-state index < -0.39 is 0 Å². The van der Waals surface area contributed by atoms with Crippen molar-refractivity contribution in [2.45, 2.75) is 26.8 Å². The molecule has 3 rings (SSSR count). The summed E-state index contributed by atoms with van der Waals surface area (Å²) < 4.78 is 10.1. The van der Waals surface area contributed by atoms with Crippen molar-refractivity contribution in [3.8, 4) is 0 Å². The monoisotopic (exact) mass is 273 g/mol. The quantitative estimate of drug-likeness (QED) is 0.781. The number of hydrogen-bond donors (Lipinski definition) is 1. The second kappa shape index (κ2) is 4.66. The van der Waals surface area contributed by atoms with Crippen LogP contribution in [0.15, 0.2) is 28.7 Å². The molecule has 0 fully saturated rings. The Balaban J connectivity index is 1.93. The molecule has 0 bridgehead atoms. The molecule has 0 aliphatic carbocycles. The van der Waals surface area contributed by atoms with Gasteiger partial charge in [0.05, 0.1) is 6.04 Å². The first kappa shape index (κ1) is 12.2. The van der Waals surface area contributed by atoms with E-state index in [9.17, 15) is 0 Å². The van der Waals surface area contributed by atoms with Crippen LogP contribution in [0.5, 0.6) is 0 Å². The smallest absolute Gasteiger partial charge is 0.203 e. The molecule has 1 N–H and O–H groups in total. The molecule has 3 aromatic rings. The van der Waals surface area contributed by atoms with Crippen molar-refractivity contribution in [2.75, 3.05) is 5.32 Å². The molecular weight excluding hydrogens is 258 g/mol. The predicted molar refractivity (Wildman–Crippen MR) is 77.6 cm³/mol. The molecule has 0 aliphatic heterocycles. The first-order valence-corrected chi connectivity index (χ1v) is 6.97. The number of aryl methyl sites for hydroxylation is 2. The second-order valence-corrected chi connectivity index (χ2v) is 5.35. The van der Waals surface area contributed by atoms with E-state index in [-0.39, 0.29) is 6.04 Å². The van der Waals surface area contributed by atoms with Gasteiger partial charge in [-0.25, -0.2) is 4.98 Å². The Hall–Kier alpha value is -1.88. The standard InChI is InChI=1S/C14H15N3OS/c1-8-11-6-4-5-7-12(11)18-13(8)9(2)15-14-16-10(3)17-19-14/h4-7,9H,1-3H3,(H,15,16,17). The van der Waals surface area contributed by atoms with Crippen LogP contribution in [0, 0.1) is 13.8 Å². The van der Waals surface area contributed by atoms with Crippen LogP contribution in [0.1, 0.15) is 30.1 Å². The van der Waals surface area contributed by atoms with Gasteiger partial charge in [-0.15, -0.1) is 0 Å². The van der Waals surface area contributed by atoms with Gasteiger partial charge in [0.15, 0.2) is 0 Å². The minimum Gasteiger partial charge on any atom is -0.459 e. The van der Waals surface area contributed by atoms with Crippen molar-refractivity contribution in [1.82, 2.24) is 9.36 Å². The zero-order chi connectivity index (χ0) is 13.4. The van der Waals surface area contributed by atoms with Gasteiger partial charge in [0.25, 0.3) is 0 Å². The van der Waals surface area contributed by atoms with E-state index in [1.807, 2.05) is 25.1 Å². The molecule has 0 radical (unpaired) electrons. The van der Waals surface area contributed by atoms with E-state index in [0.29, 0.717) is 0 Å². The third kappa shape index (κ3) is 2.21. The number of para-hydroxylation sites is 1. The van der Waals surface area contributed by atoms with Crippen molar-refractivity contribution < 1.29 is 4.42 Å². The Morgan fingerprint density at radius 2 is 2.05 bits per heavy atom. The SMILES string of the molecule is Cc1nsc(NC(C)c2oc3ccccc3c2C)n1.